The lowest BCUT2D eigenvalue weighted by Gasteiger charge is -2.09. The Morgan fingerprint density at radius 1 is 1.04 bits per heavy atom. The predicted octanol–water partition coefficient (Wildman–Crippen LogP) is 4.08. The van der Waals surface area contributed by atoms with Gasteiger partial charge in [-0.05, 0) is 62.4 Å². The smallest absolute Gasteiger partial charge is 0.265 e. The maximum atomic E-state index is 13.0. The molecule has 0 spiro atoms. The molecule has 0 saturated heterocycles. The zero-order valence-electron chi connectivity index (χ0n) is 13.5. The average Bonchev–Trinajstić information content (AvgIpc) is 2.85. The Morgan fingerprint density at radius 3 is 2.24 bits per heavy atom. The number of aromatic nitrogens is 2. The minimum Gasteiger partial charge on any atom is -0.280 e. The van der Waals surface area contributed by atoms with Crippen molar-refractivity contribution in [3.63, 3.8) is 0 Å². The van der Waals surface area contributed by atoms with Gasteiger partial charge in [-0.2, -0.15) is 5.10 Å². The van der Waals surface area contributed by atoms with Crippen molar-refractivity contribution in [3.8, 4) is 5.69 Å². The second-order valence-corrected chi connectivity index (χ2v) is 7.56. The fourth-order valence-electron chi connectivity index (χ4n) is 2.58. The highest BCUT2D eigenvalue weighted by Crippen LogP contribution is 2.25. The molecule has 0 bridgehead atoms. The largest absolute Gasteiger partial charge is 0.280 e. The molecule has 0 atom stereocenters. The molecule has 0 aliphatic carbocycles. The van der Waals surface area contributed by atoms with Gasteiger partial charge in [0.25, 0.3) is 10.0 Å². The van der Waals surface area contributed by atoms with Gasteiger partial charge in [0.2, 0.25) is 0 Å². The number of nitrogens with one attached hydrogen (secondary N) is 1. The number of nitrogens with zero attached hydrogens (tertiary/aromatic N) is 2. The molecule has 0 amide bonds. The molecule has 130 valence electrons. The number of halogens is 2. The molecular weight excluding hydrogens is 365 g/mol. The van der Waals surface area contributed by atoms with Crippen molar-refractivity contribution in [1.82, 2.24) is 9.78 Å². The second-order valence-electron chi connectivity index (χ2n) is 5.50. The third-order valence-electron chi connectivity index (χ3n) is 3.66. The predicted molar refractivity (Wildman–Crippen MR) is 95.3 cm³/mol. The SMILES string of the molecule is Cc1nn(-c2ccc(Cl)cc2)c(C)c1S(=O)(=O)Nc1ccc(F)cc1. The van der Waals surface area contributed by atoms with Crippen LogP contribution in [-0.4, -0.2) is 18.2 Å². The van der Waals surface area contributed by atoms with Gasteiger partial charge in [-0.1, -0.05) is 11.6 Å². The van der Waals surface area contributed by atoms with E-state index in [1.54, 1.807) is 42.8 Å². The van der Waals surface area contributed by atoms with E-state index in [4.69, 9.17) is 11.6 Å². The molecule has 0 fully saturated rings. The van der Waals surface area contributed by atoms with Crippen molar-refractivity contribution in [2.24, 2.45) is 0 Å². The van der Waals surface area contributed by atoms with Crippen LogP contribution in [0.5, 0.6) is 0 Å². The van der Waals surface area contributed by atoms with Crippen LogP contribution in [0.3, 0.4) is 0 Å². The van der Waals surface area contributed by atoms with Crippen LogP contribution < -0.4 is 4.72 Å². The number of sulfonamides is 1. The molecule has 0 unspecified atom stereocenters. The number of anilines is 1. The summed E-state index contributed by atoms with van der Waals surface area (Å²) in [6.07, 6.45) is 0. The molecule has 1 N–H and O–H groups in total. The first-order valence-electron chi connectivity index (χ1n) is 7.38. The van der Waals surface area contributed by atoms with Gasteiger partial charge in [0, 0.05) is 10.7 Å². The van der Waals surface area contributed by atoms with Crippen LogP contribution in [0.1, 0.15) is 11.4 Å². The lowest BCUT2D eigenvalue weighted by Crippen LogP contribution is -2.15. The van der Waals surface area contributed by atoms with Crippen LogP contribution in [0.4, 0.5) is 10.1 Å². The van der Waals surface area contributed by atoms with Gasteiger partial charge in [-0.25, -0.2) is 17.5 Å². The van der Waals surface area contributed by atoms with E-state index in [2.05, 4.69) is 9.82 Å². The molecule has 0 aliphatic heterocycles. The number of benzene rings is 2. The lowest BCUT2D eigenvalue weighted by atomic mass is 10.3. The summed E-state index contributed by atoms with van der Waals surface area (Å²) in [6, 6.07) is 12.0. The third kappa shape index (κ3) is 3.52. The Kier molecular flexibility index (Phi) is 4.53. The first-order chi connectivity index (χ1) is 11.8. The Labute approximate surface area is 150 Å². The van der Waals surface area contributed by atoms with Crippen molar-refractivity contribution in [2.45, 2.75) is 18.7 Å². The Hall–Kier alpha value is -2.38. The number of hydrogen-bond acceptors (Lipinski definition) is 3. The van der Waals surface area contributed by atoms with Gasteiger partial charge in [0.05, 0.1) is 17.1 Å². The maximum absolute atomic E-state index is 13.0. The molecule has 5 nitrogen and oxygen atoms in total. The van der Waals surface area contributed by atoms with E-state index >= 15 is 0 Å². The highest BCUT2D eigenvalue weighted by Gasteiger charge is 2.25. The summed E-state index contributed by atoms with van der Waals surface area (Å²) in [5.41, 5.74) is 1.81. The van der Waals surface area contributed by atoms with Crippen molar-refractivity contribution in [1.29, 1.82) is 0 Å². The molecule has 1 aromatic heterocycles. The molecule has 8 heteroatoms. The van der Waals surface area contributed by atoms with Crippen LogP contribution in [0, 0.1) is 19.7 Å². The van der Waals surface area contributed by atoms with Crippen molar-refractivity contribution < 1.29 is 12.8 Å². The average molecular weight is 380 g/mol. The van der Waals surface area contributed by atoms with Gasteiger partial charge in [-0.3, -0.25) is 4.72 Å². The number of aryl methyl sites for hydroxylation is 1. The molecular formula is C17H15ClFN3O2S. The highest BCUT2D eigenvalue weighted by molar-refractivity contribution is 7.92. The first kappa shape index (κ1) is 17.4. The maximum Gasteiger partial charge on any atom is 0.265 e. The van der Waals surface area contributed by atoms with Gasteiger partial charge in [0.1, 0.15) is 10.7 Å². The summed E-state index contributed by atoms with van der Waals surface area (Å²) in [5, 5.41) is 4.91. The second kappa shape index (κ2) is 6.50. The molecule has 0 aliphatic rings. The van der Waals surface area contributed by atoms with Gasteiger partial charge in [-0.15, -0.1) is 0 Å². The van der Waals surface area contributed by atoms with E-state index in [1.807, 2.05) is 0 Å². The van der Waals surface area contributed by atoms with Crippen molar-refractivity contribution >= 4 is 27.3 Å². The zero-order chi connectivity index (χ0) is 18.2. The molecule has 0 saturated carbocycles. The fraction of sp³-hybridized carbons (Fsp3) is 0.118. The van der Waals surface area contributed by atoms with Crippen LogP contribution in [0.15, 0.2) is 53.4 Å². The van der Waals surface area contributed by atoms with Crippen LogP contribution in [0.25, 0.3) is 5.69 Å². The molecule has 3 aromatic rings. The van der Waals surface area contributed by atoms with E-state index in [-0.39, 0.29) is 10.6 Å². The molecule has 2 aromatic carbocycles. The summed E-state index contributed by atoms with van der Waals surface area (Å²) < 4.78 is 42.5. The highest BCUT2D eigenvalue weighted by atomic mass is 35.5. The topological polar surface area (TPSA) is 64.0 Å². The van der Waals surface area contributed by atoms with E-state index in [0.29, 0.717) is 22.1 Å². The lowest BCUT2D eigenvalue weighted by molar-refractivity contribution is 0.599. The van der Waals surface area contributed by atoms with E-state index in [9.17, 15) is 12.8 Å². The Morgan fingerprint density at radius 2 is 1.64 bits per heavy atom. The fourth-order valence-corrected chi connectivity index (χ4v) is 4.15. The summed E-state index contributed by atoms with van der Waals surface area (Å²) in [4.78, 5) is 0.0896. The van der Waals surface area contributed by atoms with Crippen LogP contribution in [-0.2, 0) is 10.0 Å². The van der Waals surface area contributed by atoms with Gasteiger partial charge in [0.15, 0.2) is 0 Å². The van der Waals surface area contributed by atoms with Gasteiger partial charge >= 0.3 is 0 Å². The van der Waals surface area contributed by atoms with E-state index < -0.39 is 15.8 Å². The standard InChI is InChI=1S/C17H15ClFN3O2S/c1-11-17(25(23,24)21-15-7-5-14(19)6-8-15)12(2)22(20-11)16-9-3-13(18)4-10-16/h3-10,21H,1-2H3. The monoisotopic (exact) mass is 379 g/mol. The third-order valence-corrected chi connectivity index (χ3v) is 5.55. The minimum atomic E-state index is -3.86. The summed E-state index contributed by atoms with van der Waals surface area (Å²) in [6.45, 7) is 3.30. The summed E-state index contributed by atoms with van der Waals surface area (Å²) >= 11 is 5.89. The molecule has 25 heavy (non-hydrogen) atoms. The zero-order valence-corrected chi connectivity index (χ0v) is 15.1. The van der Waals surface area contributed by atoms with Crippen molar-refractivity contribution in [3.05, 3.63) is 70.8 Å². The quantitative estimate of drug-likeness (QED) is 0.742. The molecule has 3 rings (SSSR count). The Bertz CT molecular complexity index is 1010. The Balaban J connectivity index is 2.02. The normalized spacial score (nSPS) is 11.5. The minimum absolute atomic E-state index is 0.0896. The van der Waals surface area contributed by atoms with Crippen LogP contribution >= 0.6 is 11.6 Å². The molecule has 1 heterocycles. The number of hydrogen-bond donors (Lipinski definition) is 1. The summed E-state index contributed by atoms with van der Waals surface area (Å²) in [5.74, 6) is -0.439. The van der Waals surface area contributed by atoms with Crippen molar-refractivity contribution in [2.75, 3.05) is 4.72 Å². The first-order valence-corrected chi connectivity index (χ1v) is 9.24. The van der Waals surface area contributed by atoms with Crippen LogP contribution in [0.2, 0.25) is 5.02 Å². The number of rotatable bonds is 4. The summed E-state index contributed by atoms with van der Waals surface area (Å²) in [7, 11) is -3.86. The van der Waals surface area contributed by atoms with Gasteiger partial charge < -0.3 is 0 Å². The molecule has 0 radical (unpaired) electrons. The van der Waals surface area contributed by atoms with E-state index in [0.717, 1.165) is 0 Å². The van der Waals surface area contributed by atoms with E-state index in [1.165, 1.54) is 24.3 Å².